The zero-order chi connectivity index (χ0) is 19.6. The van der Waals surface area contributed by atoms with Crippen molar-refractivity contribution in [1.82, 2.24) is 10.2 Å². The molecule has 6 heteroatoms. The molecule has 3 aromatic rings. The summed E-state index contributed by atoms with van der Waals surface area (Å²) in [6.45, 7) is 3.51. The van der Waals surface area contributed by atoms with Crippen molar-refractivity contribution >= 4 is 10.8 Å². The van der Waals surface area contributed by atoms with Gasteiger partial charge in [0.2, 0.25) is 0 Å². The molecule has 1 aliphatic rings. The highest BCUT2D eigenvalue weighted by Gasteiger charge is 2.31. The molecule has 0 bridgehead atoms. The number of rotatable bonds is 4. The van der Waals surface area contributed by atoms with Gasteiger partial charge in [-0.2, -0.15) is 0 Å². The van der Waals surface area contributed by atoms with Gasteiger partial charge >= 0.3 is 6.36 Å². The zero-order valence-electron chi connectivity index (χ0n) is 15.2. The lowest BCUT2D eigenvalue weighted by atomic mass is 9.92. The van der Waals surface area contributed by atoms with Crippen LogP contribution in [0.25, 0.3) is 10.8 Å². The van der Waals surface area contributed by atoms with E-state index in [1.165, 1.54) is 12.1 Å². The molecule has 0 radical (unpaired) electrons. The minimum absolute atomic E-state index is 0.0341. The number of nitrogens with one attached hydrogen (secondary N) is 1. The summed E-state index contributed by atoms with van der Waals surface area (Å²) in [4.78, 5) is 2.37. The molecule has 146 valence electrons. The van der Waals surface area contributed by atoms with Crippen LogP contribution in [0.4, 0.5) is 13.2 Å². The molecule has 0 spiro atoms. The van der Waals surface area contributed by atoms with Crippen molar-refractivity contribution in [1.29, 1.82) is 0 Å². The topological polar surface area (TPSA) is 24.5 Å². The number of ether oxygens (including phenoxy) is 1. The van der Waals surface area contributed by atoms with Crippen LogP contribution < -0.4 is 10.1 Å². The van der Waals surface area contributed by atoms with E-state index in [4.69, 9.17) is 0 Å². The maximum Gasteiger partial charge on any atom is 0.573 e. The number of hydrogen-bond donors (Lipinski definition) is 1. The number of fused-ring (bicyclic) bond motifs is 1. The van der Waals surface area contributed by atoms with Crippen LogP contribution in [0.2, 0.25) is 0 Å². The van der Waals surface area contributed by atoms with E-state index >= 15 is 0 Å². The molecule has 0 saturated carbocycles. The highest BCUT2D eigenvalue weighted by Crippen LogP contribution is 2.35. The van der Waals surface area contributed by atoms with Gasteiger partial charge in [0.25, 0.3) is 0 Å². The van der Waals surface area contributed by atoms with Crippen LogP contribution >= 0.6 is 0 Å². The van der Waals surface area contributed by atoms with Gasteiger partial charge in [-0.3, -0.25) is 4.90 Å². The molecular weight excluding hydrogens is 365 g/mol. The van der Waals surface area contributed by atoms with Crippen LogP contribution in [0.5, 0.6) is 5.75 Å². The molecule has 28 heavy (non-hydrogen) atoms. The molecule has 4 rings (SSSR count). The fourth-order valence-corrected chi connectivity index (χ4v) is 3.87. The van der Waals surface area contributed by atoms with Crippen molar-refractivity contribution in [2.24, 2.45) is 0 Å². The van der Waals surface area contributed by atoms with Crippen molar-refractivity contribution in [2.75, 3.05) is 26.2 Å². The van der Waals surface area contributed by atoms with Gasteiger partial charge in [-0.05, 0) is 34.0 Å². The molecule has 1 heterocycles. The monoisotopic (exact) mass is 386 g/mol. The Hall–Kier alpha value is -2.57. The van der Waals surface area contributed by atoms with Gasteiger partial charge in [-0.15, -0.1) is 13.2 Å². The Morgan fingerprint density at radius 2 is 1.54 bits per heavy atom. The first kappa shape index (κ1) is 18.8. The Morgan fingerprint density at radius 3 is 2.25 bits per heavy atom. The van der Waals surface area contributed by atoms with Crippen molar-refractivity contribution in [2.45, 2.75) is 12.4 Å². The van der Waals surface area contributed by atoms with E-state index in [0.29, 0.717) is 0 Å². The first-order chi connectivity index (χ1) is 13.5. The maximum atomic E-state index is 12.5. The average Bonchev–Trinajstić information content (AvgIpc) is 2.69. The van der Waals surface area contributed by atoms with E-state index in [9.17, 15) is 13.2 Å². The third-order valence-electron chi connectivity index (χ3n) is 5.06. The van der Waals surface area contributed by atoms with Crippen LogP contribution in [0.1, 0.15) is 17.2 Å². The second kappa shape index (κ2) is 7.81. The summed E-state index contributed by atoms with van der Waals surface area (Å²) in [7, 11) is 0. The summed E-state index contributed by atoms with van der Waals surface area (Å²) in [5, 5.41) is 5.66. The van der Waals surface area contributed by atoms with Gasteiger partial charge in [-0.25, -0.2) is 0 Å². The molecule has 0 aliphatic carbocycles. The predicted molar refractivity (Wildman–Crippen MR) is 103 cm³/mol. The third-order valence-corrected chi connectivity index (χ3v) is 5.06. The number of hydrogen-bond acceptors (Lipinski definition) is 3. The van der Waals surface area contributed by atoms with Crippen molar-refractivity contribution in [3.63, 3.8) is 0 Å². The van der Waals surface area contributed by atoms with Crippen LogP contribution in [0.3, 0.4) is 0 Å². The van der Waals surface area contributed by atoms with Gasteiger partial charge in [0.1, 0.15) is 5.75 Å². The van der Waals surface area contributed by atoms with E-state index in [-0.39, 0.29) is 11.8 Å². The first-order valence-corrected chi connectivity index (χ1v) is 9.29. The fraction of sp³-hybridized carbons (Fsp3) is 0.273. The van der Waals surface area contributed by atoms with E-state index in [0.717, 1.165) is 48.1 Å². The number of alkyl halides is 3. The molecule has 1 fully saturated rings. The summed E-state index contributed by atoms with van der Waals surface area (Å²) in [6.07, 6.45) is -4.69. The second-order valence-electron chi connectivity index (χ2n) is 6.87. The number of piperazine rings is 1. The molecule has 0 unspecified atom stereocenters. The Labute approximate surface area is 161 Å². The van der Waals surface area contributed by atoms with Crippen LogP contribution in [0, 0.1) is 0 Å². The van der Waals surface area contributed by atoms with Crippen LogP contribution in [-0.2, 0) is 0 Å². The average molecular weight is 386 g/mol. The van der Waals surface area contributed by atoms with Gasteiger partial charge in [0, 0.05) is 26.2 Å². The second-order valence-corrected chi connectivity index (χ2v) is 6.87. The highest BCUT2D eigenvalue weighted by molar-refractivity contribution is 5.86. The predicted octanol–water partition coefficient (Wildman–Crippen LogP) is 4.73. The number of halogens is 3. The van der Waals surface area contributed by atoms with E-state index < -0.39 is 6.36 Å². The minimum atomic E-state index is -4.69. The molecule has 1 saturated heterocycles. The first-order valence-electron chi connectivity index (χ1n) is 9.29. The van der Waals surface area contributed by atoms with Gasteiger partial charge in [-0.1, -0.05) is 54.6 Å². The highest BCUT2D eigenvalue weighted by atomic mass is 19.4. The van der Waals surface area contributed by atoms with Crippen molar-refractivity contribution < 1.29 is 17.9 Å². The van der Waals surface area contributed by atoms with Gasteiger partial charge in [0.15, 0.2) is 0 Å². The molecule has 3 nitrogen and oxygen atoms in total. The molecule has 1 N–H and O–H groups in total. The lowest BCUT2D eigenvalue weighted by Gasteiger charge is -2.36. The van der Waals surface area contributed by atoms with E-state index in [1.54, 1.807) is 12.1 Å². The van der Waals surface area contributed by atoms with Crippen molar-refractivity contribution in [3.05, 3.63) is 77.9 Å². The standard InChI is InChI=1S/C22H21F3N2O/c23-22(24,25)28-18-10-8-17(9-11-18)21(27-14-12-26-13-15-27)20-7-3-5-16-4-1-2-6-19(16)20/h1-11,21,26H,12-15H2/t21-/m1/s1. The fourth-order valence-electron chi connectivity index (χ4n) is 3.87. The number of benzene rings is 3. The summed E-state index contributed by atoms with van der Waals surface area (Å²) < 4.78 is 41.5. The maximum absolute atomic E-state index is 12.5. The van der Waals surface area contributed by atoms with E-state index in [2.05, 4.69) is 39.2 Å². The Bertz CT molecular complexity index is 929. The lowest BCUT2D eigenvalue weighted by molar-refractivity contribution is -0.274. The molecule has 1 aliphatic heterocycles. The van der Waals surface area contributed by atoms with Crippen LogP contribution in [-0.4, -0.2) is 37.4 Å². The molecule has 3 aromatic carbocycles. The summed E-state index contributed by atoms with van der Waals surface area (Å²) >= 11 is 0. The van der Waals surface area contributed by atoms with Crippen molar-refractivity contribution in [3.8, 4) is 5.75 Å². The molecular formula is C22H21F3N2O. The molecule has 0 amide bonds. The van der Waals surface area contributed by atoms with Gasteiger partial charge in [0.05, 0.1) is 6.04 Å². The largest absolute Gasteiger partial charge is 0.573 e. The number of nitrogens with zero attached hydrogens (tertiary/aromatic N) is 1. The van der Waals surface area contributed by atoms with Crippen LogP contribution in [0.15, 0.2) is 66.7 Å². The zero-order valence-corrected chi connectivity index (χ0v) is 15.2. The smallest absolute Gasteiger partial charge is 0.406 e. The Balaban J connectivity index is 1.76. The summed E-state index contributed by atoms with van der Waals surface area (Å²) in [6, 6.07) is 20.6. The van der Waals surface area contributed by atoms with Gasteiger partial charge < -0.3 is 10.1 Å². The lowest BCUT2D eigenvalue weighted by Crippen LogP contribution is -2.45. The summed E-state index contributed by atoms with van der Waals surface area (Å²) in [5.41, 5.74) is 2.11. The molecule has 1 atom stereocenters. The summed E-state index contributed by atoms with van der Waals surface area (Å²) in [5.74, 6) is -0.201. The Morgan fingerprint density at radius 1 is 0.857 bits per heavy atom. The minimum Gasteiger partial charge on any atom is -0.406 e. The quantitative estimate of drug-likeness (QED) is 0.701. The molecule has 0 aromatic heterocycles. The SMILES string of the molecule is FC(F)(F)Oc1ccc([C@H](c2cccc3ccccc23)N2CCNCC2)cc1. The van der Waals surface area contributed by atoms with E-state index in [1.807, 2.05) is 18.2 Å². The normalized spacial score (nSPS) is 16.8. The Kier molecular flexibility index (Phi) is 5.24. The third kappa shape index (κ3) is 4.13.